The molecule has 0 atom stereocenters. The molecule has 24 heteroatoms. The number of nitrogens with zero attached hydrogens (tertiary/aromatic N) is 1. The molecular formula is C113H206BrClF14N2O5S. The first-order chi connectivity index (χ1) is 61.5. The molecule has 137 heavy (non-hydrogen) atoms. The third-order valence-corrected chi connectivity index (χ3v) is 16.9. The van der Waals surface area contributed by atoms with Gasteiger partial charge in [-0.05, 0) is 163 Å². The summed E-state index contributed by atoms with van der Waals surface area (Å²) in [5, 5.41) is 18.4. The van der Waals surface area contributed by atoms with Crippen molar-refractivity contribution >= 4 is 56.7 Å². The van der Waals surface area contributed by atoms with E-state index in [9.17, 15) is 75.8 Å². The molecule has 1 amide bonds. The number of esters is 1. The first-order valence-electron chi connectivity index (χ1n) is 49.3. The molecule has 2 N–H and O–H groups in total. The van der Waals surface area contributed by atoms with E-state index in [1.54, 1.807) is 86.3 Å². The standard InChI is InChI=1S/C9H16.C8H12.C8H14.C8H18.C7H9ClS.C7H11F3.C7H16.C6H11F3.C6H7F3.C6H12F2.C6H12O2.C6H10.C5H11NO.C5H8.C4H7F3.C4H7N.C4H8O2.C4H10.C3H7Br/c1-8(2)7-9-5-3-4-6-9;1-7(2)3-4-8-5-6-8;1-7(2)5-6-8(3)4;1-6-8(4,5)7(2)3;1-5(2)6-3-4-7(8)9-6;1-5(2)4-6(3)7(8,9)10;1-6(2)5-7(3)4;2*1-5(2)3-4-6(7,8)9;1-5(2)3-4-6(7)8;1-4-8-6(7)5(2)3;1-4-5-6(2)3;1-4(2)5(7)6-3;1-4-5(2)3;1-3(2)4(5,6)7;1-4(2)3-5;1-3(2)4(5)6;1-4(2)3;1-3(2)4/h5,8H,3-4,6-7H2,1-2H3;7-8H,5-6H2,1-2H3;7-8H,1-4H3;7H,6H2,1-5H3;3-5H,1-2H3;4-5H,1-3H3;6-7H,5H2,1-4H3;5H,3-4H2,1-2H3;5H,1-2H3;5-6H,3-4H2,1-2H3;5H,4H2,1-3H3;6H,1-3H3;4H,1-3H3,(H,6,7);1,5H,2-3H3;3H,1-2H3;4H,1-2H3;3H,1-2H3,(H,5,6);4H,1-3H3;3H,1-2H3/b;;;;;6-4+;;;;;;;;;;;;;. The number of alkyl halides is 15. The van der Waals surface area contributed by atoms with Crippen LogP contribution in [0.4, 0.5) is 61.5 Å². The SMILES string of the molecule is C#CC(C)C.C/C(=C\C(C)C)C(F)(F)F.CC#CC(C)C.CC(C)Br.CC(C)C.CC(C)C#CC(C)C.CC(C)C#CC(F)(F)F.CC(C)C#CC1CC1.CC(C)C#N.CC(C)C(=O)O.CC(C)C(F)(F)F.CC(C)CC(C)C.CC(C)CC1=CCCC1.CC(C)CCC(F)(F)F.CC(C)CCC(F)F.CC(C)c1ccc(Cl)s1.CCC(C)(C)C(C)C.CCOC(=O)C(C)C.CNC(=O)C(C)C. The van der Waals surface area contributed by atoms with Crippen molar-refractivity contribution in [2.45, 2.75) is 458 Å². The Hall–Kier alpha value is -5.33. The van der Waals surface area contributed by atoms with E-state index in [1.807, 2.05) is 94.2 Å². The van der Waals surface area contributed by atoms with Crippen molar-refractivity contribution in [1.29, 1.82) is 5.26 Å². The molecule has 816 valence electrons. The van der Waals surface area contributed by atoms with E-state index in [-0.39, 0.29) is 66.1 Å². The molecule has 7 nitrogen and oxygen atoms in total. The van der Waals surface area contributed by atoms with Gasteiger partial charge in [-0.2, -0.15) is 57.9 Å². The van der Waals surface area contributed by atoms with Crippen LogP contribution in [0.25, 0.3) is 0 Å². The van der Waals surface area contributed by atoms with Crippen molar-refractivity contribution in [3.05, 3.63) is 44.6 Å². The minimum atomic E-state index is -4.33. The Labute approximate surface area is 853 Å². The summed E-state index contributed by atoms with van der Waals surface area (Å²) in [5.74, 6) is 30.7. The molecule has 1 heterocycles. The topological polar surface area (TPSA) is 116 Å². The van der Waals surface area contributed by atoms with Crippen LogP contribution in [0.3, 0.4) is 0 Å². The number of hydrogen-bond acceptors (Lipinski definition) is 6. The fraction of sp³-hybridized carbons (Fsp3) is 0.805. The van der Waals surface area contributed by atoms with Gasteiger partial charge in [0, 0.05) is 100 Å². The van der Waals surface area contributed by atoms with Crippen LogP contribution in [-0.2, 0) is 19.1 Å². The van der Waals surface area contributed by atoms with Gasteiger partial charge < -0.3 is 15.2 Å². The van der Waals surface area contributed by atoms with Crippen LogP contribution in [0.2, 0.25) is 4.34 Å². The van der Waals surface area contributed by atoms with Gasteiger partial charge in [-0.1, -0.05) is 368 Å². The summed E-state index contributed by atoms with van der Waals surface area (Å²) in [6.07, 6.45) is 1.05. The number of terminal acetylenes is 1. The van der Waals surface area contributed by atoms with Crippen LogP contribution >= 0.6 is 38.9 Å². The van der Waals surface area contributed by atoms with Gasteiger partial charge in [0.1, 0.15) is 0 Å². The molecule has 0 aliphatic heterocycles. The third kappa shape index (κ3) is 209. The van der Waals surface area contributed by atoms with Crippen molar-refractivity contribution in [3.8, 4) is 65.8 Å². The lowest BCUT2D eigenvalue weighted by atomic mass is 9.79. The molecular weight excluding hydrogens is 1880 g/mol. The molecule has 1 aromatic heterocycles. The summed E-state index contributed by atoms with van der Waals surface area (Å²) in [7, 11) is 1.64. The summed E-state index contributed by atoms with van der Waals surface area (Å²) < 4.78 is 165. The molecule has 0 saturated heterocycles. The number of carbonyl (C=O) groups is 3. The number of nitriles is 1. The number of halogens is 16. The highest BCUT2D eigenvalue weighted by Crippen LogP contribution is 2.31. The average molecular weight is 2090 g/mol. The van der Waals surface area contributed by atoms with Crippen LogP contribution in [0, 0.1) is 195 Å². The molecule has 1 fully saturated rings. The lowest BCUT2D eigenvalue weighted by Gasteiger charge is -2.27. The van der Waals surface area contributed by atoms with Crippen molar-refractivity contribution in [3.63, 3.8) is 0 Å². The fourth-order valence-electron chi connectivity index (χ4n) is 6.90. The number of carbonyl (C=O) groups excluding carboxylic acids is 2. The summed E-state index contributed by atoms with van der Waals surface area (Å²) in [6, 6.07) is 6.05. The van der Waals surface area contributed by atoms with Gasteiger partial charge in [0.05, 0.1) is 28.8 Å². The highest BCUT2D eigenvalue weighted by molar-refractivity contribution is 9.09. The van der Waals surface area contributed by atoms with E-state index in [2.05, 4.69) is 260 Å². The van der Waals surface area contributed by atoms with Gasteiger partial charge in [-0.3, -0.25) is 14.4 Å². The number of allylic oxidation sites excluding steroid dienone is 4. The summed E-state index contributed by atoms with van der Waals surface area (Å²) >= 11 is 10.7. The number of amides is 1. The van der Waals surface area contributed by atoms with E-state index < -0.39 is 55.0 Å². The molecule has 0 radical (unpaired) electrons. The number of thiophene rings is 1. The van der Waals surface area contributed by atoms with Gasteiger partial charge >= 0.3 is 36.6 Å². The van der Waals surface area contributed by atoms with Crippen LogP contribution < -0.4 is 5.32 Å². The first kappa shape index (κ1) is 168. The van der Waals surface area contributed by atoms with Gasteiger partial charge in [-0.25, -0.2) is 8.78 Å². The Morgan fingerprint density at radius 1 is 0.577 bits per heavy atom. The van der Waals surface area contributed by atoms with Crippen molar-refractivity contribution in [2.75, 3.05) is 13.7 Å². The molecule has 0 unspecified atom stereocenters. The van der Waals surface area contributed by atoms with Crippen molar-refractivity contribution in [2.24, 2.45) is 124 Å². The summed E-state index contributed by atoms with van der Waals surface area (Å²) in [6.45, 7) is 96.9. The number of ether oxygens (including phenoxy) is 1. The van der Waals surface area contributed by atoms with E-state index in [0.29, 0.717) is 64.7 Å². The maximum absolute atomic E-state index is 11.7. The lowest BCUT2D eigenvalue weighted by Crippen LogP contribution is -2.22. The maximum Gasteiger partial charge on any atom is 0.457 e. The van der Waals surface area contributed by atoms with Crippen LogP contribution in [0.15, 0.2) is 35.4 Å². The van der Waals surface area contributed by atoms with Gasteiger partial charge in [0.25, 0.3) is 0 Å². The zero-order chi connectivity index (χ0) is 113. The first-order valence-corrected chi connectivity index (χ1v) is 51.4. The minimum Gasteiger partial charge on any atom is -0.481 e. The zero-order valence-corrected chi connectivity index (χ0v) is 99.0. The minimum absolute atomic E-state index is 0.00921. The van der Waals surface area contributed by atoms with Crippen LogP contribution in [-0.4, -0.2) is 72.6 Å². The van der Waals surface area contributed by atoms with E-state index >= 15 is 0 Å². The molecule has 0 spiro atoms. The van der Waals surface area contributed by atoms with E-state index in [0.717, 1.165) is 60.6 Å². The molecule has 2 aliphatic rings. The summed E-state index contributed by atoms with van der Waals surface area (Å²) in [5.41, 5.74) is 1.73. The van der Waals surface area contributed by atoms with Gasteiger partial charge in [-0.15, -0.1) is 53.3 Å². The molecule has 3 rings (SSSR count). The fourth-order valence-corrected chi connectivity index (χ4v) is 7.96. The largest absolute Gasteiger partial charge is 0.481 e. The predicted molar refractivity (Wildman–Crippen MR) is 575 cm³/mol. The lowest BCUT2D eigenvalue weighted by molar-refractivity contribution is -0.164. The number of carboxylic acids is 1. The number of aliphatic carboxylic acids is 1. The monoisotopic (exact) mass is 2080 g/mol. The van der Waals surface area contributed by atoms with Gasteiger partial charge in [0.2, 0.25) is 12.3 Å². The molecule has 2 aliphatic carbocycles. The van der Waals surface area contributed by atoms with Crippen molar-refractivity contribution < 1.29 is 85.7 Å². The predicted octanol–water partition coefficient (Wildman–Crippen LogP) is 39.9. The Bertz CT molecular complexity index is 3180. The highest BCUT2D eigenvalue weighted by Gasteiger charge is 2.32. The average Bonchev–Trinajstić information content (AvgIpc) is 1.90. The molecule has 1 saturated carbocycles. The zero-order valence-electron chi connectivity index (χ0n) is 95.8. The number of hydrogen-bond donors (Lipinski definition) is 2. The third-order valence-electron chi connectivity index (χ3n) is 15.4. The molecule has 1 aromatic rings. The normalized spacial score (nSPS) is 11.6. The Balaban J connectivity index is -0.0000000809. The summed E-state index contributed by atoms with van der Waals surface area (Å²) in [4.78, 5) is 32.6. The number of rotatable bonds is 17. The molecule has 0 bridgehead atoms. The second kappa shape index (κ2) is 105. The van der Waals surface area contributed by atoms with E-state index in [1.165, 1.54) is 68.2 Å². The number of carboxylic acid groups (broad SMARTS) is 1. The second-order valence-electron chi connectivity index (χ2n) is 40.7. The van der Waals surface area contributed by atoms with Crippen LogP contribution in [0.1, 0.15) is 427 Å². The number of nitrogens with one attached hydrogen (secondary N) is 1. The second-order valence-corrected chi connectivity index (χ2v) is 44.3. The quantitative estimate of drug-likeness (QED) is 0.0528. The Kier molecular flexibility index (Phi) is 129. The smallest absolute Gasteiger partial charge is 0.457 e. The molecule has 0 aromatic carbocycles. The van der Waals surface area contributed by atoms with Crippen LogP contribution in [0.5, 0.6) is 0 Å². The van der Waals surface area contributed by atoms with Gasteiger partial charge in [0.15, 0.2) is 0 Å². The van der Waals surface area contributed by atoms with E-state index in [4.69, 9.17) is 28.4 Å². The maximum atomic E-state index is 11.7. The Morgan fingerprint density at radius 2 is 0.949 bits per heavy atom. The highest BCUT2D eigenvalue weighted by atomic mass is 79.9. The van der Waals surface area contributed by atoms with Crippen molar-refractivity contribution in [1.82, 2.24) is 5.32 Å². The Morgan fingerprint density at radius 3 is 1.06 bits per heavy atom.